The van der Waals surface area contributed by atoms with Gasteiger partial charge in [-0.15, -0.1) is 0 Å². The van der Waals surface area contributed by atoms with E-state index in [4.69, 9.17) is 4.74 Å². The number of pyridine rings is 2. The van der Waals surface area contributed by atoms with Crippen molar-refractivity contribution in [3.63, 3.8) is 0 Å². The molecule has 0 spiro atoms. The van der Waals surface area contributed by atoms with Crippen molar-refractivity contribution in [2.45, 2.75) is 26.4 Å². The molecule has 2 aromatic carbocycles. The smallest absolute Gasteiger partial charge is 0.356 e. The second-order valence-electron chi connectivity index (χ2n) is 7.96. The van der Waals surface area contributed by atoms with E-state index < -0.39 is 18.0 Å². The average molecular weight is 456 g/mol. The highest BCUT2D eigenvalue weighted by atomic mass is 16.5. The molecule has 0 aliphatic rings. The van der Waals surface area contributed by atoms with Gasteiger partial charge in [-0.1, -0.05) is 61.5 Å². The predicted octanol–water partition coefficient (Wildman–Crippen LogP) is 4.48. The van der Waals surface area contributed by atoms with Crippen LogP contribution in [0.4, 0.5) is 5.82 Å². The topological polar surface area (TPSA) is 90.3 Å². The zero-order chi connectivity index (χ0) is 24.2. The summed E-state index contributed by atoms with van der Waals surface area (Å²) in [6, 6.07) is 20.1. The van der Waals surface area contributed by atoms with Crippen LogP contribution in [0.25, 0.3) is 21.9 Å². The number of rotatable bonds is 6. The van der Waals surface area contributed by atoms with E-state index >= 15 is 0 Å². The van der Waals surface area contributed by atoms with Crippen molar-refractivity contribution in [1.82, 2.24) is 9.55 Å². The maximum absolute atomic E-state index is 13.5. The van der Waals surface area contributed by atoms with E-state index in [9.17, 15) is 14.4 Å². The first-order valence-corrected chi connectivity index (χ1v) is 11.0. The van der Waals surface area contributed by atoms with E-state index in [0.29, 0.717) is 22.2 Å². The van der Waals surface area contributed by atoms with Crippen molar-refractivity contribution in [2.75, 3.05) is 5.32 Å². The molecule has 0 bridgehead atoms. The van der Waals surface area contributed by atoms with Crippen LogP contribution >= 0.6 is 0 Å². The van der Waals surface area contributed by atoms with Crippen molar-refractivity contribution in [3.05, 3.63) is 94.5 Å². The van der Waals surface area contributed by atoms with E-state index in [-0.39, 0.29) is 17.7 Å². The molecule has 0 saturated heterocycles. The number of hydrogen-bond acceptors (Lipinski definition) is 5. The number of hydrogen-bond donors (Lipinski definition) is 1. The number of anilines is 1. The molecule has 0 fully saturated rings. The highest BCUT2D eigenvalue weighted by Gasteiger charge is 2.28. The first-order chi connectivity index (χ1) is 16.4. The van der Waals surface area contributed by atoms with Crippen LogP contribution in [0.1, 0.15) is 29.4 Å². The van der Waals surface area contributed by atoms with Crippen molar-refractivity contribution in [3.8, 4) is 11.1 Å². The van der Waals surface area contributed by atoms with E-state index in [1.807, 2.05) is 55.5 Å². The molecule has 0 radical (unpaired) electrons. The molecule has 1 amide bonds. The summed E-state index contributed by atoms with van der Waals surface area (Å²) in [5.74, 6) is -0.821. The molecule has 1 unspecified atom stereocenters. The number of ether oxygens (including phenoxy) is 1. The molecule has 1 atom stereocenters. The fourth-order valence-electron chi connectivity index (χ4n) is 3.92. The quantitative estimate of drug-likeness (QED) is 0.433. The van der Waals surface area contributed by atoms with Crippen LogP contribution in [-0.2, 0) is 16.6 Å². The number of aryl methyl sites for hydroxylation is 1. The van der Waals surface area contributed by atoms with Gasteiger partial charge in [0.25, 0.3) is 11.5 Å². The van der Waals surface area contributed by atoms with Gasteiger partial charge in [0.15, 0.2) is 6.10 Å². The summed E-state index contributed by atoms with van der Waals surface area (Å²) < 4.78 is 6.96. The molecule has 4 aromatic rings. The molecule has 7 heteroatoms. The highest BCUT2D eigenvalue weighted by Crippen LogP contribution is 2.31. The summed E-state index contributed by atoms with van der Waals surface area (Å²) in [5.41, 5.74) is 1.92. The molecule has 0 saturated carbocycles. The van der Waals surface area contributed by atoms with Gasteiger partial charge >= 0.3 is 5.97 Å². The number of benzene rings is 2. The summed E-state index contributed by atoms with van der Waals surface area (Å²) in [4.78, 5) is 43.6. The number of nitrogens with one attached hydrogen (secondary N) is 1. The lowest BCUT2D eigenvalue weighted by molar-refractivity contribution is -0.124. The van der Waals surface area contributed by atoms with Gasteiger partial charge in [-0.2, -0.15) is 0 Å². The Labute approximate surface area is 197 Å². The summed E-state index contributed by atoms with van der Waals surface area (Å²) in [5, 5.41) is 3.86. The number of amides is 1. The Bertz CT molecular complexity index is 1430. The predicted molar refractivity (Wildman–Crippen MR) is 132 cm³/mol. The van der Waals surface area contributed by atoms with Crippen molar-refractivity contribution in [2.24, 2.45) is 7.05 Å². The number of nitrogens with zero attached hydrogens (tertiary/aromatic N) is 2. The lowest BCUT2D eigenvalue weighted by Gasteiger charge is -2.20. The Kier molecular flexibility index (Phi) is 6.54. The zero-order valence-corrected chi connectivity index (χ0v) is 19.2. The molecule has 172 valence electrons. The van der Waals surface area contributed by atoms with E-state index in [0.717, 1.165) is 11.1 Å². The fraction of sp³-hybridized carbons (Fsp3) is 0.185. The minimum Gasteiger partial charge on any atom is -0.448 e. The van der Waals surface area contributed by atoms with E-state index in [1.54, 1.807) is 31.3 Å². The van der Waals surface area contributed by atoms with Crippen LogP contribution < -0.4 is 10.9 Å². The van der Waals surface area contributed by atoms with E-state index in [1.165, 1.54) is 11.6 Å². The van der Waals surface area contributed by atoms with Gasteiger partial charge in [0.05, 0.1) is 0 Å². The molecule has 2 aromatic heterocycles. The third-order valence-electron chi connectivity index (χ3n) is 5.72. The second-order valence-corrected chi connectivity index (χ2v) is 7.96. The van der Waals surface area contributed by atoms with Gasteiger partial charge in [-0.3, -0.25) is 9.59 Å². The van der Waals surface area contributed by atoms with Crippen LogP contribution in [-0.4, -0.2) is 27.5 Å². The van der Waals surface area contributed by atoms with Gasteiger partial charge in [-0.05, 0) is 42.0 Å². The van der Waals surface area contributed by atoms with Crippen LogP contribution in [0.2, 0.25) is 0 Å². The molecule has 2 heterocycles. The SMILES string of the molecule is CCC(OC(=O)c1c(-c2ccccc2)c2ccccc2c(=O)n1C)C(=O)Nc1ncccc1C. The van der Waals surface area contributed by atoms with Crippen molar-refractivity contribution >= 4 is 28.5 Å². The number of aromatic nitrogens is 2. The fourth-order valence-corrected chi connectivity index (χ4v) is 3.92. The Hall–Kier alpha value is -4.26. The Morgan fingerprint density at radius 3 is 2.35 bits per heavy atom. The third kappa shape index (κ3) is 4.32. The lowest BCUT2D eigenvalue weighted by Crippen LogP contribution is -2.34. The molecule has 34 heavy (non-hydrogen) atoms. The zero-order valence-electron chi connectivity index (χ0n) is 19.2. The first kappa shape index (κ1) is 22.9. The van der Waals surface area contributed by atoms with Gasteiger partial charge < -0.3 is 14.6 Å². The monoisotopic (exact) mass is 455 g/mol. The van der Waals surface area contributed by atoms with Crippen LogP contribution in [0.15, 0.2) is 77.7 Å². The summed E-state index contributed by atoms with van der Waals surface area (Å²) >= 11 is 0. The molecule has 0 aliphatic carbocycles. The Morgan fingerprint density at radius 1 is 1.00 bits per heavy atom. The summed E-state index contributed by atoms with van der Waals surface area (Å²) in [6.07, 6.45) is 0.775. The summed E-state index contributed by atoms with van der Waals surface area (Å²) in [6.45, 7) is 3.58. The molecular weight excluding hydrogens is 430 g/mol. The number of esters is 1. The molecule has 7 nitrogen and oxygen atoms in total. The van der Waals surface area contributed by atoms with Crippen molar-refractivity contribution in [1.29, 1.82) is 0 Å². The van der Waals surface area contributed by atoms with Gasteiger partial charge in [0.1, 0.15) is 11.5 Å². The minimum absolute atomic E-state index is 0.0927. The first-order valence-electron chi connectivity index (χ1n) is 11.0. The Morgan fingerprint density at radius 2 is 1.68 bits per heavy atom. The molecule has 1 N–H and O–H groups in total. The maximum atomic E-state index is 13.5. The van der Waals surface area contributed by atoms with Crippen LogP contribution in [0.3, 0.4) is 0 Å². The number of carbonyl (C=O) groups is 2. The van der Waals surface area contributed by atoms with Crippen molar-refractivity contribution < 1.29 is 14.3 Å². The van der Waals surface area contributed by atoms with Gasteiger partial charge in [0.2, 0.25) is 0 Å². The second kappa shape index (κ2) is 9.70. The Balaban J connectivity index is 1.76. The third-order valence-corrected chi connectivity index (χ3v) is 5.72. The normalized spacial score (nSPS) is 11.7. The summed E-state index contributed by atoms with van der Waals surface area (Å²) in [7, 11) is 1.54. The molecule has 4 rings (SSSR count). The largest absolute Gasteiger partial charge is 0.448 e. The average Bonchev–Trinajstić information content (AvgIpc) is 2.86. The van der Waals surface area contributed by atoms with Crippen LogP contribution in [0, 0.1) is 6.92 Å². The molecule has 0 aliphatic heterocycles. The van der Waals surface area contributed by atoms with Gasteiger partial charge in [0, 0.05) is 24.2 Å². The molecular formula is C27H25N3O4. The highest BCUT2D eigenvalue weighted by molar-refractivity contribution is 6.07. The standard InChI is InChI=1S/C27H25N3O4/c1-4-21(25(31)29-24-17(2)11-10-16-28-24)34-27(33)23-22(18-12-6-5-7-13-18)19-14-8-9-15-20(19)26(32)30(23)3/h5-16,21H,4H2,1-3H3,(H,28,29,31). The van der Waals surface area contributed by atoms with E-state index in [2.05, 4.69) is 10.3 Å². The van der Waals surface area contributed by atoms with Crippen LogP contribution in [0.5, 0.6) is 0 Å². The number of fused-ring (bicyclic) bond motifs is 1. The van der Waals surface area contributed by atoms with Gasteiger partial charge in [-0.25, -0.2) is 9.78 Å². The minimum atomic E-state index is -1.06. The number of carbonyl (C=O) groups excluding carboxylic acids is 2. The lowest BCUT2D eigenvalue weighted by atomic mass is 9.97. The maximum Gasteiger partial charge on any atom is 0.356 e.